The van der Waals surface area contributed by atoms with Crippen molar-refractivity contribution in [3.63, 3.8) is 0 Å². The van der Waals surface area contributed by atoms with Crippen molar-refractivity contribution in [3.05, 3.63) is 30.9 Å². The molecule has 1 aromatic carbocycles. The first kappa shape index (κ1) is 21.1. The van der Waals surface area contributed by atoms with Crippen LogP contribution in [0.5, 0.6) is 11.5 Å². The summed E-state index contributed by atoms with van der Waals surface area (Å²) in [4.78, 5) is 23.5. The van der Waals surface area contributed by atoms with Crippen molar-refractivity contribution in [2.75, 3.05) is 39.5 Å². The largest absolute Gasteiger partial charge is 0.486 e. The van der Waals surface area contributed by atoms with E-state index in [4.69, 9.17) is 14.2 Å². The lowest BCUT2D eigenvalue weighted by Gasteiger charge is -2.34. The van der Waals surface area contributed by atoms with Crippen LogP contribution in [0.3, 0.4) is 0 Å². The van der Waals surface area contributed by atoms with Crippen molar-refractivity contribution in [2.45, 2.75) is 17.5 Å². The maximum atomic E-state index is 13.1. The topological polar surface area (TPSA) is 123 Å². The quantitative estimate of drug-likeness (QED) is 0.470. The van der Waals surface area contributed by atoms with Crippen molar-refractivity contribution in [2.24, 2.45) is 0 Å². The highest BCUT2D eigenvalue weighted by molar-refractivity contribution is 7.89. The van der Waals surface area contributed by atoms with E-state index in [0.29, 0.717) is 37.7 Å². The second-order valence-corrected chi connectivity index (χ2v) is 8.20. The highest BCUT2D eigenvalue weighted by Crippen LogP contribution is 2.34. The summed E-state index contributed by atoms with van der Waals surface area (Å²) in [5, 5.41) is 4.75. The van der Waals surface area contributed by atoms with Crippen molar-refractivity contribution < 1.29 is 32.2 Å². The zero-order chi connectivity index (χ0) is 20.9. The molecule has 0 radical (unpaired) electrons. The molecule has 0 aromatic heterocycles. The van der Waals surface area contributed by atoms with Gasteiger partial charge in [0, 0.05) is 19.2 Å². The van der Waals surface area contributed by atoms with Crippen LogP contribution in [0.2, 0.25) is 0 Å². The number of nitrogens with zero attached hydrogens (tertiary/aromatic N) is 1. The minimum atomic E-state index is -3.92. The third-order valence-corrected chi connectivity index (χ3v) is 6.21. The molecule has 1 atom stereocenters. The lowest BCUT2D eigenvalue weighted by Crippen LogP contribution is -2.53. The van der Waals surface area contributed by atoms with Crippen LogP contribution < -0.4 is 20.1 Å². The molecule has 2 aliphatic heterocycles. The second-order valence-electron chi connectivity index (χ2n) is 6.31. The van der Waals surface area contributed by atoms with E-state index in [-0.39, 0.29) is 24.5 Å². The van der Waals surface area contributed by atoms with Crippen molar-refractivity contribution in [1.29, 1.82) is 0 Å². The summed E-state index contributed by atoms with van der Waals surface area (Å²) in [6.45, 7) is 4.74. The molecule has 0 saturated carbocycles. The molecule has 0 unspecified atom stereocenters. The number of hydrogen-bond donors (Lipinski definition) is 2. The van der Waals surface area contributed by atoms with E-state index >= 15 is 0 Å². The van der Waals surface area contributed by atoms with Gasteiger partial charge >= 0.3 is 11.8 Å². The van der Waals surface area contributed by atoms with Crippen molar-refractivity contribution >= 4 is 21.8 Å². The van der Waals surface area contributed by atoms with Gasteiger partial charge in [-0.3, -0.25) is 9.59 Å². The molecule has 158 valence electrons. The number of nitrogens with one attached hydrogen (secondary N) is 2. The Kier molecular flexibility index (Phi) is 6.72. The normalized spacial score (nSPS) is 19.2. The zero-order valence-electron chi connectivity index (χ0n) is 15.8. The van der Waals surface area contributed by atoms with E-state index in [1.54, 1.807) is 6.07 Å². The smallest absolute Gasteiger partial charge is 0.309 e. The Morgan fingerprint density at radius 2 is 1.86 bits per heavy atom. The van der Waals surface area contributed by atoms with Crippen LogP contribution in [-0.2, 0) is 24.3 Å². The Hall–Kier alpha value is -2.63. The fraction of sp³-hybridized carbons (Fsp3) is 0.444. The lowest BCUT2D eigenvalue weighted by molar-refractivity contribution is -0.140. The first-order chi connectivity index (χ1) is 13.9. The molecule has 11 heteroatoms. The molecule has 10 nitrogen and oxygen atoms in total. The Bertz CT molecular complexity index is 887. The molecule has 0 aliphatic carbocycles. The number of carbonyl (C=O) groups is 2. The van der Waals surface area contributed by atoms with Crippen LogP contribution in [0.25, 0.3) is 0 Å². The summed E-state index contributed by atoms with van der Waals surface area (Å²) in [5.41, 5.74) is 0. The number of carbonyl (C=O) groups excluding carboxylic acids is 2. The number of amides is 2. The van der Waals surface area contributed by atoms with Crippen LogP contribution in [0.1, 0.15) is 6.42 Å². The fourth-order valence-electron chi connectivity index (χ4n) is 2.93. The molecule has 0 spiro atoms. The maximum absolute atomic E-state index is 13.1. The first-order valence-corrected chi connectivity index (χ1v) is 10.6. The molecule has 1 fully saturated rings. The molecule has 29 heavy (non-hydrogen) atoms. The first-order valence-electron chi connectivity index (χ1n) is 9.13. The Balaban J connectivity index is 1.72. The standard InChI is InChI=1S/C18H23N3O7S/c1-2-6-19-17(22)18(23)20-12-16-21(7-3-8-28-16)29(24,25)13-4-5-14-15(11-13)27-10-9-26-14/h2,4-5,11,16H,1,3,6-10,12H2,(H,19,22)(H,20,23)/t16-/m0/s1. The number of sulfonamides is 1. The van der Waals surface area contributed by atoms with E-state index in [0.717, 1.165) is 0 Å². The van der Waals surface area contributed by atoms with Gasteiger partial charge in [0.25, 0.3) is 0 Å². The number of benzene rings is 1. The summed E-state index contributed by atoms with van der Waals surface area (Å²) in [6.07, 6.45) is 1.02. The average molecular weight is 425 g/mol. The van der Waals surface area contributed by atoms with E-state index in [1.165, 1.54) is 22.5 Å². The summed E-state index contributed by atoms with van der Waals surface area (Å²) >= 11 is 0. The SMILES string of the molecule is C=CCNC(=O)C(=O)NC[C@@H]1OCCCN1S(=O)(=O)c1ccc2c(c1)OCCO2. The van der Waals surface area contributed by atoms with E-state index in [2.05, 4.69) is 17.2 Å². The van der Waals surface area contributed by atoms with Crippen molar-refractivity contribution in [1.82, 2.24) is 14.9 Å². The maximum Gasteiger partial charge on any atom is 0.309 e. The van der Waals surface area contributed by atoms with E-state index < -0.39 is 28.1 Å². The van der Waals surface area contributed by atoms with Gasteiger partial charge in [-0.1, -0.05) is 6.08 Å². The Morgan fingerprint density at radius 1 is 1.14 bits per heavy atom. The van der Waals surface area contributed by atoms with Gasteiger partial charge in [0.2, 0.25) is 10.0 Å². The summed E-state index contributed by atoms with van der Waals surface area (Å²) < 4.78 is 43.9. The summed E-state index contributed by atoms with van der Waals surface area (Å²) in [6, 6.07) is 4.40. The van der Waals surface area contributed by atoms with Gasteiger partial charge in [-0.2, -0.15) is 4.31 Å². The third kappa shape index (κ3) is 4.86. The number of rotatable bonds is 6. The van der Waals surface area contributed by atoms with Gasteiger partial charge in [-0.25, -0.2) is 8.42 Å². The van der Waals surface area contributed by atoms with Crippen LogP contribution in [0.15, 0.2) is 35.7 Å². The molecule has 2 amide bonds. The van der Waals surface area contributed by atoms with Gasteiger partial charge in [-0.15, -0.1) is 6.58 Å². The number of ether oxygens (including phenoxy) is 3. The van der Waals surface area contributed by atoms with Gasteiger partial charge < -0.3 is 24.8 Å². The molecule has 2 N–H and O–H groups in total. The lowest BCUT2D eigenvalue weighted by atomic mass is 10.3. The molecule has 0 bridgehead atoms. The summed E-state index contributed by atoms with van der Waals surface area (Å²) in [5.74, 6) is -0.863. The molecule has 3 rings (SSSR count). The molecule has 1 aromatic rings. The molecule has 1 saturated heterocycles. The van der Waals surface area contributed by atoms with Crippen LogP contribution in [0, 0.1) is 0 Å². The molecule has 2 heterocycles. The van der Waals surface area contributed by atoms with Crippen LogP contribution in [0.4, 0.5) is 0 Å². The molecular weight excluding hydrogens is 402 g/mol. The van der Waals surface area contributed by atoms with Crippen LogP contribution >= 0.6 is 0 Å². The Labute approximate surface area is 168 Å². The second kappa shape index (κ2) is 9.25. The minimum absolute atomic E-state index is 0.0345. The van der Waals surface area contributed by atoms with Gasteiger partial charge in [0.05, 0.1) is 18.0 Å². The predicted molar refractivity (Wildman–Crippen MR) is 102 cm³/mol. The highest BCUT2D eigenvalue weighted by Gasteiger charge is 2.35. The summed E-state index contributed by atoms with van der Waals surface area (Å²) in [7, 11) is -3.92. The molecule has 2 aliphatic rings. The number of hydrogen-bond acceptors (Lipinski definition) is 7. The van der Waals surface area contributed by atoms with Gasteiger partial charge in [0.1, 0.15) is 19.4 Å². The fourth-order valence-corrected chi connectivity index (χ4v) is 4.51. The van der Waals surface area contributed by atoms with E-state index in [1.807, 2.05) is 0 Å². The monoisotopic (exact) mass is 425 g/mol. The Morgan fingerprint density at radius 3 is 2.62 bits per heavy atom. The van der Waals surface area contributed by atoms with Crippen LogP contribution in [-0.4, -0.2) is 70.2 Å². The predicted octanol–water partition coefficient (Wildman–Crippen LogP) is -0.387. The number of fused-ring (bicyclic) bond motifs is 1. The zero-order valence-corrected chi connectivity index (χ0v) is 16.6. The average Bonchev–Trinajstić information content (AvgIpc) is 2.75. The van der Waals surface area contributed by atoms with Crippen molar-refractivity contribution in [3.8, 4) is 11.5 Å². The van der Waals surface area contributed by atoms with Gasteiger partial charge in [0.15, 0.2) is 11.5 Å². The molecular formula is C18H23N3O7S. The highest BCUT2D eigenvalue weighted by atomic mass is 32.2. The third-order valence-electron chi connectivity index (χ3n) is 4.32. The van der Waals surface area contributed by atoms with E-state index in [9.17, 15) is 18.0 Å². The van der Waals surface area contributed by atoms with Gasteiger partial charge in [-0.05, 0) is 18.6 Å². The minimum Gasteiger partial charge on any atom is -0.486 e.